The minimum Gasteiger partial charge on any atom is -0.508 e. The molecule has 0 saturated carbocycles. The highest BCUT2D eigenvalue weighted by molar-refractivity contribution is 8.02. The van der Waals surface area contributed by atoms with Crippen molar-refractivity contribution in [2.75, 3.05) is 0 Å². The Morgan fingerprint density at radius 3 is 2.83 bits per heavy atom. The predicted molar refractivity (Wildman–Crippen MR) is 50.7 cm³/mol. The third kappa shape index (κ3) is 1.28. The van der Waals surface area contributed by atoms with Gasteiger partial charge in [-0.15, -0.1) is 11.8 Å². The largest absolute Gasteiger partial charge is 0.508 e. The van der Waals surface area contributed by atoms with Gasteiger partial charge in [0.25, 0.3) is 0 Å². The summed E-state index contributed by atoms with van der Waals surface area (Å²) in [5.74, 6) is 0.353. The first-order valence-electron chi connectivity index (χ1n) is 3.72. The molecule has 2 rings (SSSR count). The zero-order valence-electron chi connectivity index (χ0n) is 6.40. The summed E-state index contributed by atoms with van der Waals surface area (Å²) < 4.78 is 0. The maximum atomic E-state index is 9.49. The van der Waals surface area contributed by atoms with E-state index in [0.29, 0.717) is 5.75 Å². The van der Waals surface area contributed by atoms with Crippen LogP contribution in [0.2, 0.25) is 0 Å². The van der Waals surface area contributed by atoms with Crippen LogP contribution in [-0.2, 0) is 0 Å². The average molecular weight is 179 g/mol. The SMILES string of the molecule is Oc1ccccc1C1NC=CS1. The molecule has 1 aromatic rings. The number of benzene rings is 1. The maximum Gasteiger partial charge on any atom is 0.121 e. The van der Waals surface area contributed by atoms with Crippen LogP contribution in [0, 0.1) is 0 Å². The summed E-state index contributed by atoms with van der Waals surface area (Å²) in [6.45, 7) is 0. The van der Waals surface area contributed by atoms with E-state index in [2.05, 4.69) is 5.32 Å². The smallest absolute Gasteiger partial charge is 0.121 e. The lowest BCUT2D eigenvalue weighted by molar-refractivity contribution is 0.466. The van der Waals surface area contributed by atoms with Gasteiger partial charge in [-0.3, -0.25) is 0 Å². The minimum absolute atomic E-state index is 0.172. The second-order valence-corrected chi connectivity index (χ2v) is 3.56. The quantitative estimate of drug-likeness (QED) is 0.693. The van der Waals surface area contributed by atoms with Gasteiger partial charge in [0.15, 0.2) is 0 Å². The summed E-state index contributed by atoms with van der Waals surface area (Å²) in [5, 5.41) is 14.8. The highest BCUT2D eigenvalue weighted by Gasteiger charge is 2.15. The first-order chi connectivity index (χ1) is 5.88. The molecule has 1 heterocycles. The third-order valence-corrected chi connectivity index (χ3v) is 2.70. The van der Waals surface area contributed by atoms with Gasteiger partial charge in [0.1, 0.15) is 11.1 Å². The van der Waals surface area contributed by atoms with Crippen LogP contribution >= 0.6 is 11.8 Å². The molecular formula is C9H9NOS. The Morgan fingerprint density at radius 2 is 2.17 bits per heavy atom. The van der Waals surface area contributed by atoms with Crippen LogP contribution in [0.3, 0.4) is 0 Å². The monoisotopic (exact) mass is 179 g/mol. The van der Waals surface area contributed by atoms with Crippen molar-refractivity contribution in [1.82, 2.24) is 5.32 Å². The van der Waals surface area contributed by atoms with Gasteiger partial charge in [-0.25, -0.2) is 0 Å². The van der Waals surface area contributed by atoms with Crippen LogP contribution in [0.4, 0.5) is 0 Å². The van der Waals surface area contributed by atoms with Crippen LogP contribution in [0.5, 0.6) is 5.75 Å². The van der Waals surface area contributed by atoms with Gasteiger partial charge >= 0.3 is 0 Å². The Hall–Kier alpha value is -1.09. The molecule has 0 spiro atoms. The maximum absolute atomic E-state index is 9.49. The van der Waals surface area contributed by atoms with Crippen LogP contribution in [0.1, 0.15) is 10.9 Å². The molecule has 62 valence electrons. The number of nitrogens with one attached hydrogen (secondary N) is 1. The van der Waals surface area contributed by atoms with Gasteiger partial charge in [0, 0.05) is 11.8 Å². The average Bonchev–Trinajstić information content (AvgIpc) is 2.57. The Kier molecular flexibility index (Phi) is 1.96. The molecule has 0 bridgehead atoms. The summed E-state index contributed by atoms with van der Waals surface area (Å²) >= 11 is 1.66. The molecular weight excluding hydrogens is 170 g/mol. The molecule has 1 aliphatic heterocycles. The van der Waals surface area contributed by atoms with Gasteiger partial charge < -0.3 is 10.4 Å². The summed E-state index contributed by atoms with van der Waals surface area (Å²) in [5.41, 5.74) is 0.938. The van der Waals surface area contributed by atoms with Crippen LogP contribution in [0.15, 0.2) is 35.9 Å². The first-order valence-corrected chi connectivity index (χ1v) is 4.66. The van der Waals surface area contributed by atoms with E-state index < -0.39 is 0 Å². The van der Waals surface area contributed by atoms with Gasteiger partial charge in [0.05, 0.1) is 0 Å². The Labute approximate surface area is 75.3 Å². The lowest BCUT2D eigenvalue weighted by atomic mass is 10.2. The number of phenols is 1. The Bertz CT molecular complexity index is 303. The van der Waals surface area contributed by atoms with E-state index in [1.165, 1.54) is 0 Å². The molecule has 0 fully saturated rings. The molecule has 0 amide bonds. The lowest BCUT2D eigenvalue weighted by Gasteiger charge is -2.11. The molecule has 0 radical (unpaired) electrons. The van der Waals surface area contributed by atoms with E-state index in [1.807, 2.05) is 29.8 Å². The van der Waals surface area contributed by atoms with Crippen LogP contribution < -0.4 is 5.32 Å². The van der Waals surface area contributed by atoms with Crippen molar-refractivity contribution < 1.29 is 5.11 Å². The molecule has 2 N–H and O–H groups in total. The van der Waals surface area contributed by atoms with Gasteiger partial charge in [-0.2, -0.15) is 0 Å². The summed E-state index contributed by atoms with van der Waals surface area (Å²) in [6, 6.07) is 7.38. The Morgan fingerprint density at radius 1 is 1.33 bits per heavy atom. The molecule has 1 atom stereocenters. The molecule has 0 aliphatic carbocycles. The fourth-order valence-electron chi connectivity index (χ4n) is 1.16. The second kappa shape index (κ2) is 3.11. The number of hydrogen-bond acceptors (Lipinski definition) is 3. The lowest BCUT2D eigenvalue weighted by Crippen LogP contribution is -2.06. The Balaban J connectivity index is 2.27. The summed E-state index contributed by atoms with van der Waals surface area (Å²) in [4.78, 5) is 0. The van der Waals surface area contributed by atoms with Crippen LogP contribution in [0.25, 0.3) is 0 Å². The zero-order valence-corrected chi connectivity index (χ0v) is 7.21. The van der Waals surface area contributed by atoms with Crippen molar-refractivity contribution in [1.29, 1.82) is 0 Å². The topological polar surface area (TPSA) is 32.3 Å². The van der Waals surface area contributed by atoms with Crippen molar-refractivity contribution >= 4 is 11.8 Å². The molecule has 2 nitrogen and oxygen atoms in total. The predicted octanol–water partition coefficient (Wildman–Crippen LogP) is 2.20. The fourth-order valence-corrected chi connectivity index (χ4v) is 1.97. The second-order valence-electron chi connectivity index (χ2n) is 2.54. The number of aromatic hydroxyl groups is 1. The first kappa shape index (κ1) is 7.55. The third-order valence-electron chi connectivity index (χ3n) is 1.75. The van der Waals surface area contributed by atoms with Crippen molar-refractivity contribution in [2.45, 2.75) is 5.37 Å². The van der Waals surface area contributed by atoms with E-state index in [9.17, 15) is 5.11 Å². The number of hydrogen-bond donors (Lipinski definition) is 2. The number of rotatable bonds is 1. The fraction of sp³-hybridized carbons (Fsp3) is 0.111. The molecule has 0 saturated heterocycles. The van der Waals surface area contributed by atoms with E-state index in [4.69, 9.17) is 0 Å². The van der Waals surface area contributed by atoms with Crippen molar-refractivity contribution in [2.24, 2.45) is 0 Å². The van der Waals surface area contributed by atoms with E-state index >= 15 is 0 Å². The highest BCUT2D eigenvalue weighted by Crippen LogP contribution is 2.35. The van der Waals surface area contributed by atoms with Gasteiger partial charge in [0.2, 0.25) is 0 Å². The zero-order chi connectivity index (χ0) is 8.39. The standard InChI is InChI=1S/C9H9NOS/c11-8-4-2-1-3-7(8)9-10-5-6-12-9/h1-6,9-11H. The van der Waals surface area contributed by atoms with Crippen LogP contribution in [-0.4, -0.2) is 5.11 Å². The highest BCUT2D eigenvalue weighted by atomic mass is 32.2. The molecule has 1 unspecified atom stereocenters. The number of para-hydroxylation sites is 1. The van der Waals surface area contributed by atoms with E-state index in [1.54, 1.807) is 17.8 Å². The van der Waals surface area contributed by atoms with Crippen molar-refractivity contribution in [3.8, 4) is 5.75 Å². The molecule has 0 aromatic heterocycles. The van der Waals surface area contributed by atoms with Crippen molar-refractivity contribution in [3.05, 3.63) is 41.4 Å². The minimum atomic E-state index is 0.172. The van der Waals surface area contributed by atoms with E-state index in [-0.39, 0.29) is 5.37 Å². The molecule has 1 aromatic carbocycles. The van der Waals surface area contributed by atoms with Crippen molar-refractivity contribution in [3.63, 3.8) is 0 Å². The summed E-state index contributed by atoms with van der Waals surface area (Å²) in [6.07, 6.45) is 1.89. The normalized spacial score (nSPS) is 20.8. The number of thioether (sulfide) groups is 1. The van der Waals surface area contributed by atoms with Gasteiger partial charge in [-0.05, 0) is 11.5 Å². The molecule has 1 aliphatic rings. The summed E-state index contributed by atoms with van der Waals surface area (Å²) in [7, 11) is 0. The van der Waals surface area contributed by atoms with Gasteiger partial charge in [-0.1, -0.05) is 18.2 Å². The molecule has 3 heteroatoms. The molecule has 12 heavy (non-hydrogen) atoms. The van der Waals surface area contributed by atoms with E-state index in [0.717, 1.165) is 5.56 Å². The number of phenolic OH excluding ortho intramolecular Hbond substituents is 1.